The largest absolute Gasteiger partial charge is 0.494 e. The summed E-state index contributed by atoms with van der Waals surface area (Å²) in [7, 11) is 0. The van der Waals surface area contributed by atoms with E-state index in [-0.39, 0.29) is 18.4 Å². The quantitative estimate of drug-likeness (QED) is 0.723. The third-order valence-electron chi connectivity index (χ3n) is 2.28. The molecule has 0 saturated heterocycles. The monoisotopic (exact) mass is 262 g/mol. The van der Waals surface area contributed by atoms with Gasteiger partial charge in [-0.1, -0.05) is 6.08 Å². The zero-order valence-corrected chi connectivity index (χ0v) is 10.9. The van der Waals surface area contributed by atoms with E-state index in [1.54, 1.807) is 30.3 Å². The van der Waals surface area contributed by atoms with E-state index >= 15 is 0 Å². The lowest BCUT2D eigenvalue weighted by molar-refractivity contribution is -0.119. The predicted octanol–water partition coefficient (Wildman–Crippen LogP) is 1.12. The standard InChI is InChI=1S/C14H18N2O3/c1-3-9-15-13(17)10-16-14(18)11-5-7-12(8-6-11)19-4-2/h3,5-8H,1,4,9-10H2,2H3,(H,15,17)(H,16,18). The van der Waals surface area contributed by atoms with Crippen molar-refractivity contribution in [3.8, 4) is 5.75 Å². The lowest BCUT2D eigenvalue weighted by Crippen LogP contribution is -2.36. The maximum atomic E-state index is 11.7. The van der Waals surface area contributed by atoms with E-state index in [4.69, 9.17) is 4.74 Å². The Morgan fingerprint density at radius 2 is 1.95 bits per heavy atom. The third kappa shape index (κ3) is 5.25. The number of amides is 2. The topological polar surface area (TPSA) is 67.4 Å². The number of carbonyl (C=O) groups is 2. The maximum Gasteiger partial charge on any atom is 0.251 e. The second kappa shape index (κ2) is 7.92. The number of hydrogen-bond donors (Lipinski definition) is 2. The average Bonchev–Trinajstić information content (AvgIpc) is 2.43. The summed E-state index contributed by atoms with van der Waals surface area (Å²) in [6.45, 7) is 6.29. The van der Waals surface area contributed by atoms with Crippen LogP contribution in [0.3, 0.4) is 0 Å². The van der Waals surface area contributed by atoms with Crippen LogP contribution in [0.15, 0.2) is 36.9 Å². The van der Waals surface area contributed by atoms with Crippen LogP contribution in [0.1, 0.15) is 17.3 Å². The molecule has 0 heterocycles. The van der Waals surface area contributed by atoms with Crippen molar-refractivity contribution < 1.29 is 14.3 Å². The second-order valence-electron chi connectivity index (χ2n) is 3.73. The molecule has 0 aromatic heterocycles. The molecule has 1 rings (SSSR count). The lowest BCUT2D eigenvalue weighted by atomic mass is 10.2. The van der Waals surface area contributed by atoms with Gasteiger partial charge in [-0.3, -0.25) is 9.59 Å². The van der Waals surface area contributed by atoms with Gasteiger partial charge in [-0.15, -0.1) is 6.58 Å². The summed E-state index contributed by atoms with van der Waals surface area (Å²) in [4.78, 5) is 23.0. The molecule has 2 amide bonds. The highest BCUT2D eigenvalue weighted by molar-refractivity contribution is 5.96. The summed E-state index contributed by atoms with van der Waals surface area (Å²) >= 11 is 0. The molecule has 0 aliphatic carbocycles. The minimum Gasteiger partial charge on any atom is -0.494 e. The highest BCUT2D eigenvalue weighted by Gasteiger charge is 2.07. The summed E-state index contributed by atoms with van der Waals surface area (Å²) in [5.41, 5.74) is 0.486. The SMILES string of the molecule is C=CCNC(=O)CNC(=O)c1ccc(OCC)cc1. The fourth-order valence-corrected chi connectivity index (χ4v) is 1.38. The molecular weight excluding hydrogens is 244 g/mol. The van der Waals surface area contributed by atoms with Crippen LogP contribution in [-0.4, -0.2) is 31.5 Å². The van der Waals surface area contributed by atoms with Crippen LogP contribution >= 0.6 is 0 Å². The number of ether oxygens (including phenoxy) is 1. The molecular formula is C14H18N2O3. The predicted molar refractivity (Wildman–Crippen MR) is 73.2 cm³/mol. The van der Waals surface area contributed by atoms with Crippen LogP contribution in [0.25, 0.3) is 0 Å². The first kappa shape index (κ1) is 14.8. The van der Waals surface area contributed by atoms with Gasteiger partial charge in [0.15, 0.2) is 0 Å². The van der Waals surface area contributed by atoms with Gasteiger partial charge < -0.3 is 15.4 Å². The normalized spacial score (nSPS) is 9.53. The maximum absolute atomic E-state index is 11.7. The minimum absolute atomic E-state index is 0.0557. The summed E-state index contributed by atoms with van der Waals surface area (Å²) in [6.07, 6.45) is 1.58. The van der Waals surface area contributed by atoms with E-state index in [9.17, 15) is 9.59 Å². The number of benzene rings is 1. The molecule has 0 radical (unpaired) electrons. The number of nitrogens with one attached hydrogen (secondary N) is 2. The van der Waals surface area contributed by atoms with Gasteiger partial charge >= 0.3 is 0 Å². The smallest absolute Gasteiger partial charge is 0.251 e. The van der Waals surface area contributed by atoms with Crippen molar-refractivity contribution in [1.82, 2.24) is 10.6 Å². The fraction of sp³-hybridized carbons (Fsp3) is 0.286. The molecule has 2 N–H and O–H groups in total. The highest BCUT2D eigenvalue weighted by Crippen LogP contribution is 2.11. The Labute approximate surface area is 112 Å². The Bertz CT molecular complexity index is 441. The molecule has 0 fully saturated rings. The van der Waals surface area contributed by atoms with Gasteiger partial charge in [0.2, 0.25) is 5.91 Å². The van der Waals surface area contributed by atoms with E-state index in [0.717, 1.165) is 0 Å². The van der Waals surface area contributed by atoms with Crippen LogP contribution < -0.4 is 15.4 Å². The van der Waals surface area contributed by atoms with E-state index in [1.165, 1.54) is 0 Å². The van der Waals surface area contributed by atoms with Crippen LogP contribution in [0.5, 0.6) is 5.75 Å². The van der Waals surface area contributed by atoms with Crippen molar-refractivity contribution >= 4 is 11.8 Å². The molecule has 0 spiro atoms. The van der Waals surface area contributed by atoms with Crippen molar-refractivity contribution in [3.05, 3.63) is 42.5 Å². The molecule has 0 unspecified atom stereocenters. The van der Waals surface area contributed by atoms with E-state index in [0.29, 0.717) is 24.5 Å². The Morgan fingerprint density at radius 1 is 1.26 bits per heavy atom. The summed E-state index contributed by atoms with van der Waals surface area (Å²) in [6, 6.07) is 6.75. The third-order valence-corrected chi connectivity index (χ3v) is 2.28. The van der Waals surface area contributed by atoms with Crippen LogP contribution in [-0.2, 0) is 4.79 Å². The second-order valence-corrected chi connectivity index (χ2v) is 3.73. The first-order chi connectivity index (χ1) is 9.17. The Hall–Kier alpha value is -2.30. The van der Waals surface area contributed by atoms with Gasteiger partial charge in [0.25, 0.3) is 5.91 Å². The Morgan fingerprint density at radius 3 is 2.53 bits per heavy atom. The minimum atomic E-state index is -0.295. The first-order valence-corrected chi connectivity index (χ1v) is 6.06. The van der Waals surface area contributed by atoms with E-state index in [1.807, 2.05) is 6.92 Å². The van der Waals surface area contributed by atoms with Crippen LogP contribution in [0.2, 0.25) is 0 Å². The van der Waals surface area contributed by atoms with E-state index in [2.05, 4.69) is 17.2 Å². The lowest BCUT2D eigenvalue weighted by Gasteiger charge is -2.06. The number of hydrogen-bond acceptors (Lipinski definition) is 3. The average molecular weight is 262 g/mol. The molecule has 102 valence electrons. The van der Waals surface area contributed by atoms with Crippen molar-refractivity contribution in [2.75, 3.05) is 19.7 Å². The summed E-state index contributed by atoms with van der Waals surface area (Å²) < 4.78 is 5.28. The van der Waals surface area contributed by atoms with Crippen molar-refractivity contribution in [3.63, 3.8) is 0 Å². The van der Waals surface area contributed by atoms with Gasteiger partial charge in [-0.05, 0) is 31.2 Å². The fourth-order valence-electron chi connectivity index (χ4n) is 1.38. The zero-order chi connectivity index (χ0) is 14.1. The van der Waals surface area contributed by atoms with Gasteiger partial charge in [-0.25, -0.2) is 0 Å². The molecule has 0 aliphatic heterocycles. The highest BCUT2D eigenvalue weighted by atomic mass is 16.5. The summed E-state index contributed by atoms with van der Waals surface area (Å²) in [5, 5.41) is 5.11. The van der Waals surface area contributed by atoms with Crippen LogP contribution in [0.4, 0.5) is 0 Å². The number of rotatable bonds is 7. The van der Waals surface area contributed by atoms with Crippen molar-refractivity contribution in [1.29, 1.82) is 0 Å². The molecule has 5 nitrogen and oxygen atoms in total. The van der Waals surface area contributed by atoms with Crippen LogP contribution in [0, 0.1) is 0 Å². The summed E-state index contributed by atoms with van der Waals surface area (Å²) in [5.74, 6) is 0.166. The Kier molecular flexibility index (Phi) is 6.15. The zero-order valence-electron chi connectivity index (χ0n) is 10.9. The van der Waals surface area contributed by atoms with Crippen molar-refractivity contribution in [2.45, 2.75) is 6.92 Å². The Balaban J connectivity index is 2.44. The molecule has 5 heteroatoms. The molecule has 19 heavy (non-hydrogen) atoms. The molecule has 0 atom stereocenters. The first-order valence-electron chi connectivity index (χ1n) is 6.06. The number of carbonyl (C=O) groups excluding carboxylic acids is 2. The molecule has 0 bridgehead atoms. The van der Waals surface area contributed by atoms with Gasteiger partial charge in [-0.2, -0.15) is 0 Å². The van der Waals surface area contributed by atoms with Gasteiger partial charge in [0.1, 0.15) is 5.75 Å². The molecule has 1 aromatic rings. The van der Waals surface area contributed by atoms with Gasteiger partial charge in [0.05, 0.1) is 13.2 Å². The van der Waals surface area contributed by atoms with E-state index < -0.39 is 0 Å². The van der Waals surface area contributed by atoms with Crippen molar-refractivity contribution in [2.24, 2.45) is 0 Å². The molecule has 0 aliphatic rings. The van der Waals surface area contributed by atoms with Gasteiger partial charge in [0, 0.05) is 12.1 Å². The molecule has 1 aromatic carbocycles. The molecule has 0 saturated carbocycles.